The van der Waals surface area contributed by atoms with Crippen LogP contribution in [0.5, 0.6) is 0 Å². The highest BCUT2D eigenvalue weighted by Gasteiger charge is 2.31. The van der Waals surface area contributed by atoms with Gasteiger partial charge in [0.05, 0.1) is 6.42 Å². The molecular weight excluding hydrogens is 322 g/mol. The van der Waals surface area contributed by atoms with Gasteiger partial charge in [-0.1, -0.05) is 23.7 Å². The number of nitrogens with zero attached hydrogens (tertiary/aromatic N) is 3. The molecule has 1 aromatic rings. The van der Waals surface area contributed by atoms with Crippen LogP contribution in [0.3, 0.4) is 0 Å². The number of hydrogen-bond acceptors (Lipinski definition) is 3. The van der Waals surface area contributed by atoms with Gasteiger partial charge in [0.1, 0.15) is 0 Å². The van der Waals surface area contributed by atoms with E-state index in [1.54, 1.807) is 0 Å². The second kappa shape index (κ2) is 8.84. The summed E-state index contributed by atoms with van der Waals surface area (Å²) in [6.45, 7) is 8.30. The molecule has 1 aromatic carbocycles. The third-order valence-corrected chi connectivity index (χ3v) is 5.00. The number of hydrogen-bond donors (Lipinski definition) is 0. The Morgan fingerprint density at radius 2 is 1.75 bits per heavy atom. The lowest BCUT2D eigenvalue weighted by atomic mass is 10.1. The van der Waals surface area contributed by atoms with E-state index in [-0.39, 0.29) is 5.91 Å². The number of piperazine rings is 1. The van der Waals surface area contributed by atoms with Gasteiger partial charge in [0.2, 0.25) is 5.91 Å². The number of amides is 1. The number of carbonyl (C=O) groups is 1. The SMILES string of the molecule is CC1CN(C(=O)Cc2ccc(Cl)cc2)CC(C)N1CCCN(C)C. The fraction of sp³-hybridized carbons (Fsp3) is 0.632. The van der Waals surface area contributed by atoms with E-state index in [9.17, 15) is 4.79 Å². The molecule has 0 saturated carbocycles. The first-order valence-corrected chi connectivity index (χ1v) is 9.17. The average Bonchev–Trinajstić information content (AvgIpc) is 2.51. The summed E-state index contributed by atoms with van der Waals surface area (Å²) in [5, 5.41) is 0.708. The minimum absolute atomic E-state index is 0.212. The summed E-state index contributed by atoms with van der Waals surface area (Å²) >= 11 is 5.91. The van der Waals surface area contributed by atoms with E-state index in [4.69, 9.17) is 11.6 Å². The summed E-state index contributed by atoms with van der Waals surface area (Å²) in [6.07, 6.45) is 1.62. The molecule has 1 aliphatic rings. The summed E-state index contributed by atoms with van der Waals surface area (Å²) in [5.74, 6) is 0.212. The monoisotopic (exact) mass is 351 g/mol. The van der Waals surface area contributed by atoms with Gasteiger partial charge in [-0.3, -0.25) is 9.69 Å². The number of carbonyl (C=O) groups excluding carboxylic acids is 1. The number of halogens is 1. The summed E-state index contributed by atoms with van der Waals surface area (Å²) in [6, 6.07) is 8.38. The summed E-state index contributed by atoms with van der Waals surface area (Å²) < 4.78 is 0. The van der Waals surface area contributed by atoms with E-state index in [1.807, 2.05) is 29.2 Å². The molecule has 2 atom stereocenters. The van der Waals surface area contributed by atoms with Crippen LogP contribution in [-0.2, 0) is 11.2 Å². The predicted molar refractivity (Wildman–Crippen MR) is 101 cm³/mol. The summed E-state index contributed by atoms with van der Waals surface area (Å²) in [7, 11) is 4.22. The zero-order chi connectivity index (χ0) is 17.7. The standard InChI is InChI=1S/C19H30ClN3O/c1-15-13-22(14-16(2)23(15)11-5-10-21(3)4)19(24)12-17-6-8-18(20)9-7-17/h6-9,15-16H,5,10-14H2,1-4H3. The van der Waals surface area contributed by atoms with Crippen molar-refractivity contribution in [1.82, 2.24) is 14.7 Å². The first-order valence-electron chi connectivity index (χ1n) is 8.79. The zero-order valence-corrected chi connectivity index (χ0v) is 16.1. The molecule has 0 radical (unpaired) electrons. The van der Waals surface area contributed by atoms with E-state index < -0.39 is 0 Å². The molecule has 2 rings (SSSR count). The van der Waals surface area contributed by atoms with E-state index in [2.05, 4.69) is 37.7 Å². The lowest BCUT2D eigenvalue weighted by Gasteiger charge is -2.44. The molecule has 0 spiro atoms. The molecule has 1 aliphatic heterocycles. The van der Waals surface area contributed by atoms with Crippen molar-refractivity contribution >= 4 is 17.5 Å². The van der Waals surface area contributed by atoms with Crippen molar-refractivity contribution in [2.45, 2.75) is 38.8 Å². The van der Waals surface area contributed by atoms with Gasteiger partial charge in [-0.2, -0.15) is 0 Å². The normalized spacial score (nSPS) is 22.2. The van der Waals surface area contributed by atoms with Crippen molar-refractivity contribution < 1.29 is 4.79 Å². The Bertz CT molecular complexity index is 520. The highest BCUT2D eigenvalue weighted by atomic mass is 35.5. The van der Waals surface area contributed by atoms with Gasteiger partial charge in [0.25, 0.3) is 0 Å². The van der Waals surface area contributed by atoms with E-state index in [0.717, 1.165) is 31.7 Å². The Balaban J connectivity index is 1.87. The van der Waals surface area contributed by atoms with E-state index in [0.29, 0.717) is 23.5 Å². The maximum atomic E-state index is 12.6. The lowest BCUT2D eigenvalue weighted by molar-refractivity contribution is -0.134. The van der Waals surface area contributed by atoms with Gasteiger partial charge >= 0.3 is 0 Å². The smallest absolute Gasteiger partial charge is 0.227 e. The highest BCUT2D eigenvalue weighted by Crippen LogP contribution is 2.18. The molecular formula is C19H30ClN3O. The van der Waals surface area contributed by atoms with Crippen molar-refractivity contribution in [2.24, 2.45) is 0 Å². The number of benzene rings is 1. The molecule has 134 valence electrons. The summed E-state index contributed by atoms with van der Waals surface area (Å²) in [4.78, 5) is 19.4. The van der Waals surface area contributed by atoms with Crippen LogP contribution in [0, 0.1) is 0 Å². The molecule has 1 fully saturated rings. The third-order valence-electron chi connectivity index (χ3n) is 4.74. The van der Waals surface area contributed by atoms with Gasteiger partial charge in [-0.25, -0.2) is 0 Å². The lowest BCUT2D eigenvalue weighted by Crippen LogP contribution is -2.58. The van der Waals surface area contributed by atoms with Crippen LogP contribution in [0.4, 0.5) is 0 Å². The second-order valence-electron chi connectivity index (χ2n) is 7.19. The van der Waals surface area contributed by atoms with Crippen LogP contribution >= 0.6 is 11.6 Å². The molecule has 0 bridgehead atoms. The molecule has 0 aliphatic carbocycles. The van der Waals surface area contributed by atoms with Crippen molar-refractivity contribution in [1.29, 1.82) is 0 Å². The Kier molecular flexibility index (Phi) is 7.08. The third kappa shape index (κ3) is 5.47. The van der Waals surface area contributed by atoms with Gasteiger partial charge < -0.3 is 9.80 Å². The number of rotatable bonds is 6. The van der Waals surface area contributed by atoms with Crippen molar-refractivity contribution in [3.05, 3.63) is 34.9 Å². The fourth-order valence-corrected chi connectivity index (χ4v) is 3.59. The van der Waals surface area contributed by atoms with Gasteiger partial charge in [-0.05, 0) is 58.6 Å². The Hall–Kier alpha value is -1.10. The van der Waals surface area contributed by atoms with Crippen molar-refractivity contribution in [3.8, 4) is 0 Å². The quantitative estimate of drug-likeness (QED) is 0.788. The van der Waals surface area contributed by atoms with Gasteiger partial charge in [-0.15, -0.1) is 0 Å². The largest absolute Gasteiger partial charge is 0.339 e. The van der Waals surface area contributed by atoms with Crippen molar-refractivity contribution in [3.63, 3.8) is 0 Å². The van der Waals surface area contributed by atoms with Crippen LogP contribution in [0.15, 0.2) is 24.3 Å². The molecule has 4 nitrogen and oxygen atoms in total. The molecule has 1 amide bonds. The van der Waals surface area contributed by atoms with E-state index in [1.165, 1.54) is 6.42 Å². The Morgan fingerprint density at radius 3 is 2.29 bits per heavy atom. The maximum absolute atomic E-state index is 12.6. The highest BCUT2D eigenvalue weighted by molar-refractivity contribution is 6.30. The first-order chi connectivity index (χ1) is 11.4. The van der Waals surface area contributed by atoms with E-state index >= 15 is 0 Å². The topological polar surface area (TPSA) is 26.8 Å². The fourth-order valence-electron chi connectivity index (χ4n) is 3.46. The predicted octanol–water partition coefficient (Wildman–Crippen LogP) is 2.76. The molecule has 0 aromatic heterocycles. The van der Waals surface area contributed by atoms with Gasteiger partial charge in [0, 0.05) is 36.7 Å². The molecule has 2 unspecified atom stereocenters. The summed E-state index contributed by atoms with van der Waals surface area (Å²) in [5.41, 5.74) is 1.03. The molecule has 1 saturated heterocycles. The second-order valence-corrected chi connectivity index (χ2v) is 7.63. The maximum Gasteiger partial charge on any atom is 0.227 e. The van der Waals surface area contributed by atoms with Crippen LogP contribution in [-0.4, -0.2) is 73.0 Å². The van der Waals surface area contributed by atoms with Crippen LogP contribution in [0.1, 0.15) is 25.8 Å². The van der Waals surface area contributed by atoms with Crippen LogP contribution in [0.2, 0.25) is 5.02 Å². The molecule has 0 N–H and O–H groups in total. The first kappa shape index (κ1) is 19.2. The minimum atomic E-state index is 0.212. The van der Waals surface area contributed by atoms with Crippen LogP contribution in [0.25, 0.3) is 0 Å². The van der Waals surface area contributed by atoms with Crippen LogP contribution < -0.4 is 0 Å². The zero-order valence-electron chi connectivity index (χ0n) is 15.3. The molecule has 5 heteroatoms. The van der Waals surface area contributed by atoms with Crippen molar-refractivity contribution in [2.75, 3.05) is 40.3 Å². The minimum Gasteiger partial charge on any atom is -0.339 e. The average molecular weight is 352 g/mol. The van der Waals surface area contributed by atoms with Gasteiger partial charge in [0.15, 0.2) is 0 Å². The Labute approximate surface area is 151 Å². The molecule has 24 heavy (non-hydrogen) atoms. The Morgan fingerprint density at radius 1 is 1.17 bits per heavy atom. The molecule has 1 heterocycles.